The van der Waals surface area contributed by atoms with Crippen LogP contribution in [-0.2, 0) is 17.1 Å². The predicted octanol–water partition coefficient (Wildman–Crippen LogP) is 4.59. The van der Waals surface area contributed by atoms with E-state index in [-0.39, 0.29) is 4.90 Å². The van der Waals surface area contributed by atoms with Gasteiger partial charge in [0.1, 0.15) is 6.33 Å². The number of hydrogen-bond acceptors (Lipinski definition) is 6. The van der Waals surface area contributed by atoms with Crippen LogP contribution in [-0.4, -0.2) is 37.1 Å². The second-order valence-electron chi connectivity index (χ2n) is 8.39. The lowest BCUT2D eigenvalue weighted by Crippen LogP contribution is -2.12. The molecule has 0 atom stereocenters. The zero-order valence-corrected chi connectivity index (χ0v) is 19.8. The summed E-state index contributed by atoms with van der Waals surface area (Å²) in [6.45, 7) is 1.92. The lowest BCUT2D eigenvalue weighted by molar-refractivity contribution is 0.588. The molecule has 0 aliphatic rings. The van der Waals surface area contributed by atoms with Crippen molar-refractivity contribution in [1.82, 2.24) is 28.7 Å². The number of aromatic nitrogens is 6. The summed E-state index contributed by atoms with van der Waals surface area (Å²) in [7, 11) is -2.09. The molecule has 0 radical (unpaired) electrons. The Kier molecular flexibility index (Phi) is 4.75. The smallest absolute Gasteiger partial charge is 0.269 e. The molecule has 4 heterocycles. The van der Waals surface area contributed by atoms with Crippen LogP contribution in [0.2, 0.25) is 0 Å². The zero-order valence-electron chi connectivity index (χ0n) is 19.0. The number of pyridine rings is 1. The summed E-state index contributed by atoms with van der Waals surface area (Å²) in [5.41, 5.74) is 5.08. The van der Waals surface area contributed by atoms with Crippen LogP contribution in [0.4, 0.5) is 0 Å². The lowest BCUT2D eigenvalue weighted by Gasteiger charge is -2.07. The van der Waals surface area contributed by atoms with Crippen molar-refractivity contribution in [2.24, 2.45) is 7.05 Å². The lowest BCUT2D eigenvalue weighted by atomic mass is 10.0. The van der Waals surface area contributed by atoms with Crippen LogP contribution in [0.1, 0.15) is 5.56 Å². The molecule has 6 rings (SSSR count). The Morgan fingerprint density at radius 1 is 0.886 bits per heavy atom. The van der Waals surface area contributed by atoms with E-state index in [4.69, 9.17) is 0 Å². The molecule has 0 N–H and O–H groups in total. The molecule has 9 heteroatoms. The molecule has 6 aromatic rings. The highest BCUT2D eigenvalue weighted by atomic mass is 32.2. The van der Waals surface area contributed by atoms with Crippen molar-refractivity contribution in [3.05, 3.63) is 91.3 Å². The number of fused-ring (bicyclic) bond motifs is 2. The minimum absolute atomic E-state index is 0.191. The molecule has 0 saturated heterocycles. The molecule has 172 valence electrons. The second-order valence-corrected chi connectivity index (χ2v) is 10.2. The van der Waals surface area contributed by atoms with Gasteiger partial charge in [-0.25, -0.2) is 22.4 Å². The first-order chi connectivity index (χ1) is 16.9. The first kappa shape index (κ1) is 21.2. The highest BCUT2D eigenvalue weighted by Crippen LogP contribution is 2.38. The molecule has 8 nitrogen and oxygen atoms in total. The first-order valence-corrected chi connectivity index (χ1v) is 12.4. The van der Waals surface area contributed by atoms with Gasteiger partial charge in [-0.15, -0.1) is 0 Å². The van der Waals surface area contributed by atoms with Crippen molar-refractivity contribution < 1.29 is 8.42 Å². The van der Waals surface area contributed by atoms with E-state index in [1.807, 2.05) is 50.5 Å². The van der Waals surface area contributed by atoms with Gasteiger partial charge < -0.3 is 0 Å². The minimum Gasteiger partial charge on any atom is -0.275 e. The Morgan fingerprint density at radius 2 is 1.71 bits per heavy atom. The maximum Gasteiger partial charge on any atom is 0.269 e. The first-order valence-electron chi connectivity index (χ1n) is 10.9. The molecule has 0 aliphatic heterocycles. The van der Waals surface area contributed by atoms with Gasteiger partial charge in [-0.2, -0.15) is 5.10 Å². The Balaban J connectivity index is 1.68. The van der Waals surface area contributed by atoms with Gasteiger partial charge >= 0.3 is 0 Å². The van der Waals surface area contributed by atoms with E-state index in [9.17, 15) is 8.42 Å². The molecule has 4 aromatic heterocycles. The third kappa shape index (κ3) is 3.48. The van der Waals surface area contributed by atoms with E-state index in [0.717, 1.165) is 27.6 Å². The van der Waals surface area contributed by atoms with Gasteiger partial charge in [0.2, 0.25) is 0 Å². The fourth-order valence-electron chi connectivity index (χ4n) is 4.27. The topological polar surface area (TPSA) is 95.6 Å². The van der Waals surface area contributed by atoms with Crippen LogP contribution in [0, 0.1) is 6.92 Å². The van der Waals surface area contributed by atoms with Crippen LogP contribution in [0.3, 0.4) is 0 Å². The molecular formula is C26H20N6O2S. The van der Waals surface area contributed by atoms with Crippen LogP contribution in [0.15, 0.2) is 90.6 Å². The van der Waals surface area contributed by atoms with Crippen molar-refractivity contribution >= 4 is 32.0 Å². The molecule has 0 unspecified atom stereocenters. The molecule has 2 aromatic carbocycles. The van der Waals surface area contributed by atoms with E-state index >= 15 is 0 Å². The van der Waals surface area contributed by atoms with Gasteiger partial charge in [-0.05, 0) is 42.8 Å². The van der Waals surface area contributed by atoms with E-state index in [1.165, 1.54) is 10.3 Å². The molecule has 0 spiro atoms. The molecule has 0 amide bonds. The maximum atomic E-state index is 13.7. The predicted molar refractivity (Wildman–Crippen MR) is 134 cm³/mol. The molecule has 0 fully saturated rings. The summed E-state index contributed by atoms with van der Waals surface area (Å²) >= 11 is 0. The fraction of sp³-hybridized carbons (Fsp3) is 0.0769. The molecule has 0 aliphatic carbocycles. The van der Waals surface area contributed by atoms with Crippen LogP contribution >= 0.6 is 0 Å². The molecule has 0 bridgehead atoms. The van der Waals surface area contributed by atoms with Crippen molar-refractivity contribution in [3.63, 3.8) is 0 Å². The van der Waals surface area contributed by atoms with Crippen LogP contribution in [0.25, 0.3) is 44.3 Å². The Morgan fingerprint density at radius 3 is 2.49 bits per heavy atom. The molecule has 0 saturated carbocycles. The van der Waals surface area contributed by atoms with Crippen molar-refractivity contribution in [2.45, 2.75) is 11.8 Å². The summed E-state index contributed by atoms with van der Waals surface area (Å²) < 4.78 is 30.4. The van der Waals surface area contributed by atoms with Gasteiger partial charge in [0, 0.05) is 42.2 Å². The van der Waals surface area contributed by atoms with Gasteiger partial charge in [-0.3, -0.25) is 9.67 Å². The second kappa shape index (κ2) is 7.85. The number of nitrogens with zero attached hydrogens (tertiary/aromatic N) is 6. The summed E-state index contributed by atoms with van der Waals surface area (Å²) in [4.78, 5) is 13.6. The quantitative estimate of drug-likeness (QED) is 0.366. The van der Waals surface area contributed by atoms with Gasteiger partial charge in [0.25, 0.3) is 10.0 Å². The number of rotatable bonds is 4. The van der Waals surface area contributed by atoms with E-state index in [1.54, 1.807) is 47.5 Å². The third-order valence-electron chi connectivity index (χ3n) is 6.02. The Hall–Kier alpha value is -4.37. The van der Waals surface area contributed by atoms with E-state index in [2.05, 4.69) is 20.1 Å². The van der Waals surface area contributed by atoms with Gasteiger partial charge in [0.05, 0.1) is 27.7 Å². The Labute approximate surface area is 201 Å². The van der Waals surface area contributed by atoms with Gasteiger partial charge in [0.15, 0.2) is 5.65 Å². The van der Waals surface area contributed by atoms with E-state index in [0.29, 0.717) is 22.3 Å². The molecule has 35 heavy (non-hydrogen) atoms. The highest BCUT2D eigenvalue weighted by Gasteiger charge is 2.25. The zero-order chi connectivity index (χ0) is 24.2. The highest BCUT2D eigenvalue weighted by molar-refractivity contribution is 7.90. The summed E-state index contributed by atoms with van der Waals surface area (Å²) in [5.74, 6) is 0. The largest absolute Gasteiger partial charge is 0.275 e. The monoisotopic (exact) mass is 480 g/mol. The summed E-state index contributed by atoms with van der Waals surface area (Å²) in [5, 5.41) is 5.87. The SMILES string of the molecule is Cc1ccc(S(=O)(=O)n2cc(-c3ccc4ncccc4c3)c3c(-c4cnn(C)c4)ncnc32)cc1. The normalized spacial score (nSPS) is 11.9. The average Bonchev–Trinajstić information content (AvgIpc) is 3.48. The third-order valence-corrected chi connectivity index (χ3v) is 7.69. The fourth-order valence-corrected chi connectivity index (χ4v) is 5.58. The van der Waals surface area contributed by atoms with Crippen molar-refractivity contribution in [1.29, 1.82) is 0 Å². The number of hydrogen-bond donors (Lipinski definition) is 0. The molecular weight excluding hydrogens is 460 g/mol. The van der Waals surface area contributed by atoms with Crippen molar-refractivity contribution in [2.75, 3.05) is 0 Å². The van der Waals surface area contributed by atoms with Crippen LogP contribution < -0.4 is 0 Å². The standard InChI is InChI=1S/C26H20N6O2S/c1-17-5-8-21(9-6-17)35(33,34)32-15-22(18-7-10-23-19(12-18)4-3-11-27-23)24-25(28-16-29-26(24)32)20-13-30-31(2)14-20/h3-16H,1-2H3. The number of benzene rings is 2. The average molecular weight is 481 g/mol. The van der Waals surface area contributed by atoms with E-state index < -0.39 is 10.0 Å². The Bertz CT molecular complexity index is 1840. The maximum absolute atomic E-state index is 13.7. The summed E-state index contributed by atoms with van der Waals surface area (Å²) in [6, 6.07) is 16.5. The van der Waals surface area contributed by atoms with Crippen molar-refractivity contribution in [3.8, 4) is 22.4 Å². The minimum atomic E-state index is -3.91. The number of aryl methyl sites for hydroxylation is 2. The van der Waals surface area contributed by atoms with Crippen LogP contribution in [0.5, 0.6) is 0 Å². The van der Waals surface area contributed by atoms with Gasteiger partial charge in [-0.1, -0.05) is 29.8 Å². The summed E-state index contributed by atoms with van der Waals surface area (Å²) in [6.07, 6.45) is 8.32.